The van der Waals surface area contributed by atoms with Gasteiger partial charge in [0.2, 0.25) is 0 Å². The van der Waals surface area contributed by atoms with E-state index in [2.05, 4.69) is 0 Å². The molecule has 0 aliphatic heterocycles. The number of carbonyl (C=O) groups excluding carboxylic acids is 1. The molecule has 0 bridgehead atoms. The Bertz CT molecular complexity index is 338. The number of hydrogen-bond donors (Lipinski definition) is 0. The molecule has 0 saturated carbocycles. The molecular formula is C14H20O2. The molecule has 88 valence electrons. The Hall–Kier alpha value is -1.31. The average molecular weight is 220 g/mol. The van der Waals surface area contributed by atoms with Gasteiger partial charge in [-0.05, 0) is 24.1 Å². The molecule has 1 aromatic rings. The minimum absolute atomic E-state index is 0.0911. The number of ether oxygens (including phenoxy) is 1. The molecule has 16 heavy (non-hydrogen) atoms. The second kappa shape index (κ2) is 5.69. The van der Waals surface area contributed by atoms with E-state index in [1.807, 2.05) is 45.0 Å². The highest BCUT2D eigenvalue weighted by molar-refractivity contribution is 5.82. The van der Waals surface area contributed by atoms with E-state index in [9.17, 15) is 4.79 Å². The van der Waals surface area contributed by atoms with Crippen LogP contribution in [0.15, 0.2) is 24.3 Å². The van der Waals surface area contributed by atoms with Crippen molar-refractivity contribution in [3.8, 4) is 5.75 Å². The van der Waals surface area contributed by atoms with E-state index in [4.69, 9.17) is 4.74 Å². The highest BCUT2D eigenvalue weighted by Gasteiger charge is 2.16. The van der Waals surface area contributed by atoms with Crippen LogP contribution in [0.25, 0.3) is 0 Å². The van der Waals surface area contributed by atoms with Crippen LogP contribution in [0.5, 0.6) is 5.75 Å². The van der Waals surface area contributed by atoms with Gasteiger partial charge in [-0.25, -0.2) is 0 Å². The molecule has 1 atom stereocenters. The van der Waals surface area contributed by atoms with Crippen LogP contribution in [-0.2, 0) is 11.2 Å². The summed E-state index contributed by atoms with van der Waals surface area (Å²) in [5.41, 5.74) is 1.18. The lowest BCUT2D eigenvalue weighted by atomic mass is 9.91. The minimum Gasteiger partial charge on any atom is -0.497 e. The molecule has 2 heteroatoms. The van der Waals surface area contributed by atoms with Gasteiger partial charge in [0, 0.05) is 11.8 Å². The van der Waals surface area contributed by atoms with E-state index in [0.29, 0.717) is 5.78 Å². The van der Waals surface area contributed by atoms with Crippen molar-refractivity contribution in [2.24, 2.45) is 11.8 Å². The Kier molecular flexibility index (Phi) is 4.53. The van der Waals surface area contributed by atoms with E-state index in [1.54, 1.807) is 7.11 Å². The molecule has 1 rings (SSSR count). The molecule has 0 aromatic heterocycles. The van der Waals surface area contributed by atoms with E-state index >= 15 is 0 Å². The maximum absolute atomic E-state index is 11.7. The molecule has 0 fully saturated rings. The van der Waals surface area contributed by atoms with Crippen LogP contribution in [0.3, 0.4) is 0 Å². The summed E-state index contributed by atoms with van der Waals surface area (Å²) in [5, 5.41) is 0. The summed E-state index contributed by atoms with van der Waals surface area (Å²) in [6, 6.07) is 7.90. The van der Waals surface area contributed by atoms with Crippen molar-refractivity contribution >= 4 is 5.78 Å². The Morgan fingerprint density at radius 1 is 1.19 bits per heavy atom. The SMILES string of the molecule is COc1ccc(CC(C)C(=O)C(C)C)cc1. The average Bonchev–Trinajstić information content (AvgIpc) is 2.28. The molecule has 1 unspecified atom stereocenters. The predicted molar refractivity (Wildman–Crippen MR) is 65.7 cm³/mol. The van der Waals surface area contributed by atoms with Gasteiger partial charge in [-0.1, -0.05) is 32.9 Å². The number of ketones is 1. The highest BCUT2D eigenvalue weighted by atomic mass is 16.5. The van der Waals surface area contributed by atoms with Crippen LogP contribution in [0.4, 0.5) is 0 Å². The van der Waals surface area contributed by atoms with E-state index in [1.165, 1.54) is 5.56 Å². The molecule has 0 N–H and O–H groups in total. The zero-order valence-corrected chi connectivity index (χ0v) is 10.5. The summed E-state index contributed by atoms with van der Waals surface area (Å²) in [6.45, 7) is 5.90. The second-order valence-electron chi connectivity index (χ2n) is 4.51. The molecule has 2 nitrogen and oxygen atoms in total. The molecular weight excluding hydrogens is 200 g/mol. The normalized spacial score (nSPS) is 12.6. The van der Waals surface area contributed by atoms with Crippen LogP contribution in [0, 0.1) is 11.8 Å². The number of hydrogen-bond acceptors (Lipinski definition) is 2. The summed E-state index contributed by atoms with van der Waals surface area (Å²) in [6.07, 6.45) is 0.807. The maximum Gasteiger partial charge on any atom is 0.138 e. The fraction of sp³-hybridized carbons (Fsp3) is 0.500. The molecule has 0 spiro atoms. The van der Waals surface area contributed by atoms with Gasteiger partial charge < -0.3 is 4.74 Å². The topological polar surface area (TPSA) is 26.3 Å². The van der Waals surface area contributed by atoms with Crippen LogP contribution in [-0.4, -0.2) is 12.9 Å². The number of rotatable bonds is 5. The molecule has 0 radical (unpaired) electrons. The van der Waals surface area contributed by atoms with Crippen LogP contribution in [0.2, 0.25) is 0 Å². The summed E-state index contributed by atoms with van der Waals surface area (Å²) < 4.78 is 5.09. The predicted octanol–water partition coefficient (Wildman–Crippen LogP) is 3.10. The zero-order chi connectivity index (χ0) is 12.1. The third kappa shape index (κ3) is 3.37. The highest BCUT2D eigenvalue weighted by Crippen LogP contribution is 2.16. The van der Waals surface area contributed by atoms with Gasteiger partial charge in [0.25, 0.3) is 0 Å². The fourth-order valence-corrected chi connectivity index (χ4v) is 1.78. The lowest BCUT2D eigenvalue weighted by molar-refractivity contribution is -0.125. The zero-order valence-electron chi connectivity index (χ0n) is 10.5. The van der Waals surface area contributed by atoms with E-state index in [-0.39, 0.29) is 11.8 Å². The van der Waals surface area contributed by atoms with Gasteiger partial charge >= 0.3 is 0 Å². The summed E-state index contributed by atoms with van der Waals surface area (Å²) in [7, 11) is 1.65. The Balaban J connectivity index is 2.62. The van der Waals surface area contributed by atoms with Crippen LogP contribution in [0.1, 0.15) is 26.3 Å². The van der Waals surface area contributed by atoms with Gasteiger partial charge in [0.1, 0.15) is 11.5 Å². The number of methoxy groups -OCH3 is 1. The Morgan fingerprint density at radius 3 is 2.19 bits per heavy atom. The van der Waals surface area contributed by atoms with Gasteiger partial charge in [0.15, 0.2) is 0 Å². The van der Waals surface area contributed by atoms with Crippen molar-refractivity contribution in [3.05, 3.63) is 29.8 Å². The Labute approximate surface area is 97.6 Å². The molecule has 0 saturated heterocycles. The molecule has 1 aromatic carbocycles. The number of carbonyl (C=O) groups is 1. The van der Waals surface area contributed by atoms with Gasteiger partial charge in [-0.15, -0.1) is 0 Å². The van der Waals surface area contributed by atoms with E-state index in [0.717, 1.165) is 12.2 Å². The first-order valence-corrected chi connectivity index (χ1v) is 5.71. The minimum atomic E-state index is 0.0911. The van der Waals surface area contributed by atoms with Gasteiger partial charge in [0.05, 0.1) is 7.11 Å². The van der Waals surface area contributed by atoms with Gasteiger partial charge in [-0.2, -0.15) is 0 Å². The molecule has 0 heterocycles. The van der Waals surface area contributed by atoms with Crippen molar-refractivity contribution in [2.75, 3.05) is 7.11 Å². The van der Waals surface area contributed by atoms with Crippen molar-refractivity contribution in [3.63, 3.8) is 0 Å². The monoisotopic (exact) mass is 220 g/mol. The largest absolute Gasteiger partial charge is 0.497 e. The lowest BCUT2D eigenvalue weighted by Gasteiger charge is -2.13. The van der Waals surface area contributed by atoms with Crippen LogP contribution >= 0.6 is 0 Å². The van der Waals surface area contributed by atoms with E-state index < -0.39 is 0 Å². The van der Waals surface area contributed by atoms with Crippen molar-refractivity contribution in [1.82, 2.24) is 0 Å². The lowest BCUT2D eigenvalue weighted by Crippen LogP contribution is -2.18. The first-order chi connectivity index (χ1) is 7.54. The standard InChI is InChI=1S/C14H20O2/c1-10(2)14(15)11(3)9-12-5-7-13(16-4)8-6-12/h5-8,10-11H,9H2,1-4H3. The number of benzene rings is 1. The first-order valence-electron chi connectivity index (χ1n) is 5.71. The van der Waals surface area contributed by atoms with Crippen molar-refractivity contribution in [2.45, 2.75) is 27.2 Å². The number of Topliss-reactive ketones (excluding diaryl/α,β-unsaturated/α-hetero) is 1. The summed E-state index contributed by atoms with van der Waals surface area (Å²) >= 11 is 0. The molecule has 0 amide bonds. The molecule has 0 aliphatic carbocycles. The first kappa shape index (κ1) is 12.8. The molecule has 0 aliphatic rings. The van der Waals surface area contributed by atoms with Crippen LogP contribution < -0.4 is 4.74 Å². The smallest absolute Gasteiger partial charge is 0.138 e. The second-order valence-corrected chi connectivity index (χ2v) is 4.51. The summed E-state index contributed by atoms with van der Waals surface area (Å²) in [4.78, 5) is 11.7. The fourth-order valence-electron chi connectivity index (χ4n) is 1.78. The van der Waals surface area contributed by atoms with Gasteiger partial charge in [-0.3, -0.25) is 4.79 Å². The van der Waals surface area contributed by atoms with Crippen molar-refractivity contribution < 1.29 is 9.53 Å². The third-order valence-electron chi connectivity index (χ3n) is 2.76. The maximum atomic E-state index is 11.7. The summed E-state index contributed by atoms with van der Waals surface area (Å²) in [5.74, 6) is 1.39. The quantitative estimate of drug-likeness (QED) is 0.762. The Morgan fingerprint density at radius 2 is 1.75 bits per heavy atom. The third-order valence-corrected chi connectivity index (χ3v) is 2.76. The van der Waals surface area contributed by atoms with Crippen molar-refractivity contribution in [1.29, 1.82) is 0 Å².